The Balaban J connectivity index is 1.03. The van der Waals surface area contributed by atoms with E-state index in [4.69, 9.17) is 4.74 Å². The number of aromatic amines is 1. The Morgan fingerprint density at radius 2 is 1.65 bits per heavy atom. The zero-order valence-electron chi connectivity index (χ0n) is 35.6. The molecule has 310 valence electrons. The fraction of sp³-hybridized carbons (Fsp3) is 0.723. The van der Waals surface area contributed by atoms with Crippen molar-refractivity contribution < 1.29 is 34.1 Å². The van der Waals surface area contributed by atoms with Gasteiger partial charge >= 0.3 is 11.9 Å². The van der Waals surface area contributed by atoms with Crippen LogP contribution in [0.2, 0.25) is 0 Å². The number of nitrogens with one attached hydrogen (secondary N) is 2. The first-order valence-electron chi connectivity index (χ1n) is 21.7. The lowest BCUT2D eigenvalue weighted by Gasteiger charge is -2.72. The van der Waals surface area contributed by atoms with Gasteiger partial charge in [-0.15, -0.1) is 0 Å². The van der Waals surface area contributed by atoms with Crippen LogP contribution >= 0.6 is 0 Å². The summed E-state index contributed by atoms with van der Waals surface area (Å²) in [4.78, 5) is 60.3. The molecule has 10 nitrogen and oxygen atoms in total. The summed E-state index contributed by atoms with van der Waals surface area (Å²) < 4.78 is 6.41. The van der Waals surface area contributed by atoms with Gasteiger partial charge in [0.05, 0.1) is 35.3 Å². The van der Waals surface area contributed by atoms with E-state index in [2.05, 4.69) is 63.8 Å². The number of nitrogens with zero attached hydrogens (tertiary/aromatic N) is 1. The average molecular weight is 784 g/mol. The fourth-order valence-corrected chi connectivity index (χ4v) is 14.8. The van der Waals surface area contributed by atoms with Crippen LogP contribution in [0.3, 0.4) is 0 Å². The molecular formula is C47H65N3O7. The molecule has 0 bridgehead atoms. The van der Waals surface area contributed by atoms with Crippen molar-refractivity contribution in [2.75, 3.05) is 6.54 Å². The number of aliphatic carboxylic acids is 1. The SMILES string of the molecule is CC(C)C1=C2[C@H]3CC[C@@H]4[C@@]5(C)CC[C@H](OC(=O)[C@H]6C[C@@H](C(=O)O)C6(C)C)C(C)(C)[C@@H]5CC[C@@]4(C)[C@]3(C)CC[C@@]2([C@@H](O)CNC(=O)c2ccc3nc[nH]c3c2)CC1=O. The molecule has 0 unspecified atom stereocenters. The normalized spacial score (nSPS) is 39.7. The molecule has 1 heterocycles. The Morgan fingerprint density at radius 3 is 2.33 bits per heavy atom. The molecular weight excluding hydrogens is 719 g/mol. The van der Waals surface area contributed by atoms with Crippen LogP contribution in [0.4, 0.5) is 0 Å². The van der Waals surface area contributed by atoms with Crippen LogP contribution in [0.1, 0.15) is 137 Å². The second kappa shape index (κ2) is 13.2. The van der Waals surface area contributed by atoms with E-state index in [9.17, 15) is 29.4 Å². The van der Waals surface area contributed by atoms with Crippen molar-refractivity contribution in [3.05, 3.63) is 41.2 Å². The zero-order chi connectivity index (χ0) is 41.2. The number of carboxylic acid groups (broad SMARTS) is 1. The Kier molecular flexibility index (Phi) is 9.35. The number of esters is 1. The maximum atomic E-state index is 14.1. The number of ketones is 1. The molecule has 1 aromatic carbocycles. The van der Waals surface area contributed by atoms with Crippen molar-refractivity contribution in [3.63, 3.8) is 0 Å². The van der Waals surface area contributed by atoms with Crippen molar-refractivity contribution in [2.45, 2.75) is 139 Å². The van der Waals surface area contributed by atoms with E-state index in [1.807, 2.05) is 19.9 Å². The summed E-state index contributed by atoms with van der Waals surface area (Å²) in [6.45, 7) is 20.2. The smallest absolute Gasteiger partial charge is 0.309 e. The van der Waals surface area contributed by atoms with Gasteiger partial charge < -0.3 is 25.3 Å². The van der Waals surface area contributed by atoms with Crippen molar-refractivity contribution >= 4 is 34.7 Å². The molecule has 1 aromatic heterocycles. The first kappa shape index (κ1) is 40.3. The summed E-state index contributed by atoms with van der Waals surface area (Å²) in [7, 11) is 0. The number of aliphatic hydroxyl groups excluding tert-OH is 1. The number of hydrogen-bond acceptors (Lipinski definition) is 7. The quantitative estimate of drug-likeness (QED) is 0.195. The molecule has 2 aromatic rings. The second-order valence-electron chi connectivity index (χ2n) is 21.5. The lowest BCUT2D eigenvalue weighted by atomic mass is 9.33. The molecule has 57 heavy (non-hydrogen) atoms. The summed E-state index contributed by atoms with van der Waals surface area (Å²) in [5.74, 6) is -1.10. The number of aromatic nitrogens is 2. The number of carbonyl (C=O) groups excluding carboxylic acids is 3. The van der Waals surface area contributed by atoms with E-state index >= 15 is 0 Å². The van der Waals surface area contributed by atoms with Gasteiger partial charge in [-0.2, -0.15) is 0 Å². The molecule has 0 radical (unpaired) electrons. The molecule has 10 heteroatoms. The van der Waals surface area contributed by atoms with E-state index in [1.54, 1.807) is 18.5 Å². The number of Topliss-reactive ketones (excluding diaryl/α,β-unsaturated/α-hetero) is 1. The van der Waals surface area contributed by atoms with Crippen LogP contribution in [-0.2, 0) is 19.1 Å². The summed E-state index contributed by atoms with van der Waals surface area (Å²) in [5, 5.41) is 24.9. The minimum absolute atomic E-state index is 0.0000674. The number of amides is 1. The number of imidazole rings is 1. The molecule has 0 saturated heterocycles. The van der Waals surface area contributed by atoms with Crippen LogP contribution < -0.4 is 5.32 Å². The highest BCUT2D eigenvalue weighted by molar-refractivity contribution is 6.01. The molecule has 1 amide bonds. The largest absolute Gasteiger partial charge is 0.481 e. The first-order valence-corrected chi connectivity index (χ1v) is 21.7. The standard InChI is InChI=1S/C47H65N3O7/c1-25(2)37-32(51)22-47(35(52)23-48-39(53)26-10-12-30-31(20-26)50-24-49-30)19-18-45(8)27(38(37)47)11-13-34-44(7)16-15-36(43(5,6)33(44)14-17-46(34,45)9)57-41(56)29-21-28(40(54)55)42(29,3)4/h10,12,20,24-25,27-29,33-36,52H,11,13-19,21-23H2,1-9H3,(H,48,53)(H,49,50)(H,54,55)/t27-,28+,29-,33+,34-,35+,36+,44+,45-,46-,47+/m1/s1. The fourth-order valence-electron chi connectivity index (χ4n) is 14.8. The second-order valence-corrected chi connectivity index (χ2v) is 21.5. The third-order valence-corrected chi connectivity index (χ3v) is 18.3. The number of rotatable bonds is 8. The Bertz CT molecular complexity index is 2050. The number of benzene rings is 1. The summed E-state index contributed by atoms with van der Waals surface area (Å²) in [5.41, 5.74) is 2.54. The number of aliphatic hydroxyl groups is 1. The van der Waals surface area contributed by atoms with E-state index in [1.165, 1.54) is 5.57 Å². The summed E-state index contributed by atoms with van der Waals surface area (Å²) in [6.07, 6.45) is 8.60. The van der Waals surface area contributed by atoms with Crippen molar-refractivity contribution in [1.82, 2.24) is 15.3 Å². The number of fused-ring (bicyclic) bond motifs is 8. The van der Waals surface area contributed by atoms with Crippen molar-refractivity contribution in [3.8, 4) is 0 Å². The monoisotopic (exact) mass is 783 g/mol. The lowest BCUT2D eigenvalue weighted by Crippen LogP contribution is -2.66. The van der Waals surface area contributed by atoms with Gasteiger partial charge in [-0.05, 0) is 127 Å². The number of hydrogen-bond donors (Lipinski definition) is 4. The Morgan fingerprint density at radius 1 is 0.912 bits per heavy atom. The van der Waals surface area contributed by atoms with Crippen LogP contribution in [0, 0.1) is 68.0 Å². The molecule has 5 saturated carbocycles. The van der Waals surface area contributed by atoms with Gasteiger partial charge in [0.2, 0.25) is 0 Å². The van der Waals surface area contributed by atoms with Gasteiger partial charge in [0.15, 0.2) is 5.78 Å². The Labute approximate surface area is 337 Å². The summed E-state index contributed by atoms with van der Waals surface area (Å²) in [6, 6.07) is 5.34. The van der Waals surface area contributed by atoms with Gasteiger partial charge in [0, 0.05) is 29.4 Å². The number of carbonyl (C=O) groups is 4. The number of allylic oxidation sites excluding steroid dienone is 1. The van der Waals surface area contributed by atoms with Crippen LogP contribution in [0.5, 0.6) is 0 Å². The van der Waals surface area contributed by atoms with Gasteiger partial charge in [-0.3, -0.25) is 19.2 Å². The van der Waals surface area contributed by atoms with Gasteiger partial charge in [-0.1, -0.05) is 67.9 Å². The third-order valence-electron chi connectivity index (χ3n) is 18.3. The average Bonchev–Trinajstić information content (AvgIpc) is 3.73. The highest BCUT2D eigenvalue weighted by Gasteiger charge is 2.71. The molecule has 6 aliphatic carbocycles. The topological polar surface area (TPSA) is 159 Å². The van der Waals surface area contributed by atoms with E-state index in [0.717, 1.165) is 61.6 Å². The van der Waals surface area contributed by atoms with Crippen LogP contribution in [-0.4, -0.2) is 62.6 Å². The van der Waals surface area contributed by atoms with Crippen molar-refractivity contribution in [1.29, 1.82) is 0 Å². The van der Waals surface area contributed by atoms with Gasteiger partial charge in [0.25, 0.3) is 5.91 Å². The van der Waals surface area contributed by atoms with Crippen molar-refractivity contribution in [2.24, 2.45) is 68.0 Å². The van der Waals surface area contributed by atoms with E-state index < -0.39 is 34.7 Å². The number of ether oxygens (including phenoxy) is 1. The maximum Gasteiger partial charge on any atom is 0.309 e. The molecule has 11 atom stereocenters. The zero-order valence-corrected chi connectivity index (χ0v) is 35.6. The highest BCUT2D eigenvalue weighted by atomic mass is 16.5. The molecule has 0 spiro atoms. The summed E-state index contributed by atoms with van der Waals surface area (Å²) >= 11 is 0. The number of H-pyrrole nitrogens is 1. The van der Waals surface area contributed by atoms with Gasteiger partial charge in [0.1, 0.15) is 6.10 Å². The minimum Gasteiger partial charge on any atom is -0.481 e. The predicted molar refractivity (Wildman–Crippen MR) is 217 cm³/mol. The molecule has 6 aliphatic rings. The van der Waals surface area contributed by atoms with E-state index in [0.29, 0.717) is 36.7 Å². The lowest BCUT2D eigenvalue weighted by molar-refractivity contribution is -0.238. The Hall–Kier alpha value is -3.53. The highest BCUT2D eigenvalue weighted by Crippen LogP contribution is 2.77. The van der Waals surface area contributed by atoms with Gasteiger partial charge in [-0.25, -0.2) is 4.98 Å². The maximum absolute atomic E-state index is 14.1. The molecule has 8 rings (SSSR count). The molecule has 4 N–H and O–H groups in total. The number of carboxylic acids is 1. The van der Waals surface area contributed by atoms with Crippen LogP contribution in [0.25, 0.3) is 11.0 Å². The van der Waals surface area contributed by atoms with Crippen LogP contribution in [0.15, 0.2) is 35.7 Å². The van der Waals surface area contributed by atoms with E-state index in [-0.39, 0.29) is 63.8 Å². The minimum atomic E-state index is -0.893. The molecule has 5 fully saturated rings. The molecule has 0 aliphatic heterocycles. The third kappa shape index (κ3) is 5.60. The first-order chi connectivity index (χ1) is 26.6. The predicted octanol–water partition coefficient (Wildman–Crippen LogP) is 8.29.